The zero-order valence-electron chi connectivity index (χ0n) is 23.4. The standard InChI is InChI=1S/C33H34Cl2N4O2/c1-33(2)19-27-31(29(40)20-33)32(22-12-13-24(34)25(35)18-22)39(28-11-7-6-10-26(28)36-27)21-30(41)38-16-14-37(15-17-38)23-8-4-3-5-9-23/h3-13,18,32,36H,14-17,19-21H2,1-2H3. The van der Waals surface area contributed by atoms with E-state index in [0.717, 1.165) is 42.1 Å². The molecule has 0 saturated carbocycles. The smallest absolute Gasteiger partial charge is 0.242 e. The summed E-state index contributed by atoms with van der Waals surface area (Å²) in [5, 5.41) is 4.48. The van der Waals surface area contributed by atoms with Crippen molar-refractivity contribution in [1.82, 2.24) is 4.90 Å². The molecule has 1 unspecified atom stereocenters. The van der Waals surface area contributed by atoms with Gasteiger partial charge in [-0.05, 0) is 53.8 Å². The lowest BCUT2D eigenvalue weighted by molar-refractivity contribution is -0.130. The number of allylic oxidation sites excluding steroid dienone is 1. The summed E-state index contributed by atoms with van der Waals surface area (Å²) in [6.45, 7) is 7.19. The predicted octanol–water partition coefficient (Wildman–Crippen LogP) is 6.96. The second-order valence-electron chi connectivity index (χ2n) is 11.9. The van der Waals surface area contributed by atoms with Crippen molar-refractivity contribution in [2.75, 3.05) is 47.8 Å². The SMILES string of the molecule is CC1(C)CC(=O)C2=C(C1)Nc1ccccc1N(CC(=O)N1CCN(c3ccccc3)CC1)C2c1ccc(Cl)c(Cl)c1. The van der Waals surface area contributed by atoms with E-state index in [1.165, 1.54) is 5.69 Å². The Hall–Kier alpha value is -3.48. The molecule has 1 saturated heterocycles. The molecule has 3 aromatic carbocycles. The van der Waals surface area contributed by atoms with Crippen molar-refractivity contribution in [2.45, 2.75) is 32.7 Å². The van der Waals surface area contributed by atoms with Crippen LogP contribution in [0.5, 0.6) is 0 Å². The Morgan fingerprint density at radius 1 is 0.902 bits per heavy atom. The van der Waals surface area contributed by atoms with Gasteiger partial charge in [-0.3, -0.25) is 9.59 Å². The molecule has 0 spiro atoms. The van der Waals surface area contributed by atoms with Gasteiger partial charge in [0.1, 0.15) is 0 Å². The van der Waals surface area contributed by atoms with Gasteiger partial charge in [-0.2, -0.15) is 0 Å². The number of benzene rings is 3. The summed E-state index contributed by atoms with van der Waals surface area (Å²) >= 11 is 12.8. The van der Waals surface area contributed by atoms with Crippen molar-refractivity contribution in [3.8, 4) is 0 Å². The monoisotopic (exact) mass is 588 g/mol. The number of piperazine rings is 1. The van der Waals surface area contributed by atoms with Gasteiger partial charge in [-0.25, -0.2) is 0 Å². The molecule has 1 aliphatic carbocycles. The Labute approximate surface area is 251 Å². The number of rotatable bonds is 4. The molecule has 0 aromatic heterocycles. The number of nitrogens with one attached hydrogen (secondary N) is 1. The van der Waals surface area contributed by atoms with Crippen molar-refractivity contribution in [2.24, 2.45) is 5.41 Å². The Balaban J connectivity index is 1.37. The van der Waals surface area contributed by atoms with Gasteiger partial charge in [0.05, 0.1) is 34.0 Å². The maximum Gasteiger partial charge on any atom is 0.242 e. The first kappa shape index (κ1) is 27.7. The maximum absolute atomic E-state index is 14.0. The summed E-state index contributed by atoms with van der Waals surface area (Å²) in [6, 6.07) is 23.3. The normalized spacial score (nSPS) is 20.2. The van der Waals surface area contributed by atoms with Gasteiger partial charge >= 0.3 is 0 Å². The van der Waals surface area contributed by atoms with E-state index in [2.05, 4.69) is 41.1 Å². The number of anilines is 3. The number of ketones is 1. The fourth-order valence-electron chi connectivity index (χ4n) is 6.35. The number of para-hydroxylation sites is 3. The number of amides is 1. The first-order valence-electron chi connectivity index (χ1n) is 14.1. The summed E-state index contributed by atoms with van der Waals surface area (Å²) in [7, 11) is 0. The molecule has 6 nitrogen and oxygen atoms in total. The number of carbonyl (C=O) groups excluding carboxylic acids is 2. The summed E-state index contributed by atoms with van der Waals surface area (Å²) in [4.78, 5) is 34.2. The van der Waals surface area contributed by atoms with Crippen LogP contribution < -0.4 is 15.1 Å². The highest BCUT2D eigenvalue weighted by Crippen LogP contribution is 2.48. The molecule has 1 N–H and O–H groups in total. The highest BCUT2D eigenvalue weighted by molar-refractivity contribution is 6.42. The lowest BCUT2D eigenvalue weighted by Crippen LogP contribution is -2.52. The van der Waals surface area contributed by atoms with Crippen LogP contribution in [-0.4, -0.2) is 49.3 Å². The minimum absolute atomic E-state index is 0.0326. The zero-order valence-corrected chi connectivity index (χ0v) is 24.9. The van der Waals surface area contributed by atoms with Crippen LogP contribution in [0.4, 0.5) is 17.1 Å². The van der Waals surface area contributed by atoms with E-state index in [4.69, 9.17) is 23.2 Å². The van der Waals surface area contributed by atoms with Crippen molar-refractivity contribution < 1.29 is 9.59 Å². The number of halogens is 2. The number of nitrogens with zero attached hydrogens (tertiary/aromatic N) is 3. The Morgan fingerprint density at radius 3 is 2.34 bits per heavy atom. The summed E-state index contributed by atoms with van der Waals surface area (Å²) < 4.78 is 0. The summed E-state index contributed by atoms with van der Waals surface area (Å²) in [5.74, 6) is 0.117. The minimum Gasteiger partial charge on any atom is -0.368 e. The van der Waals surface area contributed by atoms with Crippen molar-refractivity contribution in [3.63, 3.8) is 0 Å². The number of carbonyl (C=O) groups is 2. The lowest BCUT2D eigenvalue weighted by atomic mass is 9.73. The molecule has 3 aromatic rings. The quantitative estimate of drug-likeness (QED) is 0.357. The molecule has 0 radical (unpaired) electrons. The van der Waals surface area contributed by atoms with E-state index in [9.17, 15) is 9.59 Å². The first-order valence-corrected chi connectivity index (χ1v) is 14.9. The van der Waals surface area contributed by atoms with E-state index in [0.29, 0.717) is 35.1 Å². The number of hydrogen-bond acceptors (Lipinski definition) is 5. The van der Waals surface area contributed by atoms with Gasteiger partial charge in [0.25, 0.3) is 0 Å². The van der Waals surface area contributed by atoms with Crippen LogP contribution in [0.2, 0.25) is 10.0 Å². The molecule has 1 amide bonds. The molecule has 3 aliphatic rings. The largest absolute Gasteiger partial charge is 0.368 e. The highest BCUT2D eigenvalue weighted by atomic mass is 35.5. The molecule has 212 valence electrons. The molecule has 1 atom stereocenters. The Bertz CT molecular complexity index is 1510. The lowest BCUT2D eigenvalue weighted by Gasteiger charge is -2.40. The third-order valence-corrected chi connectivity index (χ3v) is 9.06. The average molecular weight is 590 g/mol. The van der Waals surface area contributed by atoms with Crippen LogP contribution in [0.3, 0.4) is 0 Å². The second kappa shape index (κ2) is 11.1. The second-order valence-corrected chi connectivity index (χ2v) is 12.7. The third kappa shape index (κ3) is 5.55. The molecular formula is C33H34Cl2N4O2. The molecule has 1 fully saturated rings. The van der Waals surface area contributed by atoms with Crippen molar-refractivity contribution in [3.05, 3.63) is 99.7 Å². The van der Waals surface area contributed by atoms with Gasteiger partial charge in [-0.1, -0.05) is 73.4 Å². The molecule has 0 bridgehead atoms. The van der Waals surface area contributed by atoms with Gasteiger partial charge in [0, 0.05) is 49.6 Å². The first-order chi connectivity index (χ1) is 19.7. The van der Waals surface area contributed by atoms with Crippen molar-refractivity contribution in [1.29, 1.82) is 0 Å². The maximum atomic E-state index is 14.0. The Kier molecular flexibility index (Phi) is 7.47. The summed E-state index contributed by atoms with van der Waals surface area (Å²) in [6.07, 6.45) is 1.16. The number of hydrogen-bond donors (Lipinski definition) is 1. The third-order valence-electron chi connectivity index (χ3n) is 8.32. The van der Waals surface area contributed by atoms with Crippen LogP contribution in [0.1, 0.15) is 38.3 Å². The topological polar surface area (TPSA) is 55.9 Å². The minimum atomic E-state index is -0.492. The Morgan fingerprint density at radius 2 is 1.61 bits per heavy atom. The van der Waals surface area contributed by atoms with Crippen LogP contribution in [0.15, 0.2) is 84.1 Å². The zero-order chi connectivity index (χ0) is 28.7. The molecule has 8 heteroatoms. The van der Waals surface area contributed by atoms with Crippen LogP contribution in [0.25, 0.3) is 0 Å². The number of Topliss-reactive ketones (excluding diaryl/α,β-unsaturated/α-hetero) is 1. The highest BCUT2D eigenvalue weighted by Gasteiger charge is 2.42. The van der Waals surface area contributed by atoms with Crippen LogP contribution >= 0.6 is 23.2 Å². The van der Waals surface area contributed by atoms with Gasteiger partial charge in [0.2, 0.25) is 5.91 Å². The molecular weight excluding hydrogens is 555 g/mol. The van der Waals surface area contributed by atoms with E-state index in [-0.39, 0.29) is 23.7 Å². The molecule has 2 aliphatic heterocycles. The van der Waals surface area contributed by atoms with Crippen LogP contribution in [0, 0.1) is 5.41 Å². The van der Waals surface area contributed by atoms with E-state index in [1.807, 2.05) is 59.5 Å². The van der Waals surface area contributed by atoms with Crippen molar-refractivity contribution >= 4 is 52.0 Å². The fourth-order valence-corrected chi connectivity index (χ4v) is 6.66. The van der Waals surface area contributed by atoms with E-state index >= 15 is 0 Å². The molecule has 2 heterocycles. The molecule has 41 heavy (non-hydrogen) atoms. The predicted molar refractivity (Wildman–Crippen MR) is 167 cm³/mol. The van der Waals surface area contributed by atoms with E-state index < -0.39 is 6.04 Å². The average Bonchev–Trinajstić information content (AvgIpc) is 3.09. The summed E-state index contributed by atoms with van der Waals surface area (Å²) in [5.41, 5.74) is 5.19. The fraction of sp³-hybridized carbons (Fsp3) is 0.333. The number of fused-ring (bicyclic) bond motifs is 1. The van der Waals surface area contributed by atoms with Gasteiger partial charge in [0.15, 0.2) is 5.78 Å². The van der Waals surface area contributed by atoms with Gasteiger partial charge < -0.3 is 20.0 Å². The van der Waals surface area contributed by atoms with E-state index in [1.54, 1.807) is 6.07 Å². The van der Waals surface area contributed by atoms with Crippen LogP contribution in [-0.2, 0) is 9.59 Å². The molecule has 6 rings (SSSR count). The van der Waals surface area contributed by atoms with Gasteiger partial charge in [-0.15, -0.1) is 0 Å².